The molecule has 0 aromatic carbocycles. The Hall–Kier alpha value is -1.30. The van der Waals surface area contributed by atoms with Crippen molar-refractivity contribution in [2.75, 3.05) is 18.5 Å². The summed E-state index contributed by atoms with van der Waals surface area (Å²) in [7, 11) is 0. The third-order valence-electron chi connectivity index (χ3n) is 1.09. The third kappa shape index (κ3) is 2.39. The maximum Gasteiger partial charge on any atom is 0.313 e. The van der Waals surface area contributed by atoms with E-state index in [1.807, 2.05) is 0 Å². The molecule has 1 aromatic heterocycles. The molecule has 0 aliphatic rings. The van der Waals surface area contributed by atoms with Gasteiger partial charge in [-0.25, -0.2) is 0 Å². The third-order valence-corrected chi connectivity index (χ3v) is 1.09. The number of hydrogen-bond donors (Lipinski definition) is 2. The average Bonchev–Trinajstić information content (AvgIpc) is 1.99. The van der Waals surface area contributed by atoms with Gasteiger partial charge in [0.25, 0.3) is 0 Å². The fourth-order valence-corrected chi connectivity index (χ4v) is 0.664. The van der Waals surface area contributed by atoms with Crippen molar-refractivity contribution in [3.05, 3.63) is 18.1 Å². The lowest BCUT2D eigenvalue weighted by Crippen LogP contribution is -2.08. The van der Waals surface area contributed by atoms with E-state index < -0.39 is 12.0 Å². The number of aromatic nitrogens is 2. The predicted octanol–water partition coefficient (Wildman–Crippen LogP) is 0.159. The van der Waals surface area contributed by atoms with Gasteiger partial charge in [-0.15, -0.1) is 0 Å². The minimum atomic E-state index is -1.13. The van der Waals surface area contributed by atoms with Crippen LogP contribution in [-0.4, -0.2) is 28.2 Å². The summed E-state index contributed by atoms with van der Waals surface area (Å²) >= 11 is 0. The molecular weight excluding hydrogens is 168 g/mol. The molecule has 0 bridgehead atoms. The zero-order chi connectivity index (χ0) is 8.97. The van der Waals surface area contributed by atoms with Gasteiger partial charge in [0.05, 0.1) is 6.61 Å². The maximum absolute atomic E-state index is 12.4. The number of hydrogen-bond acceptors (Lipinski definition) is 4. The molecule has 12 heavy (non-hydrogen) atoms. The molecule has 66 valence electrons. The fraction of sp³-hybridized carbons (Fsp3) is 0.333. The Balaban J connectivity index is 2.72. The molecule has 6 heteroatoms. The Labute approximate surface area is 67.3 Å². The van der Waals surface area contributed by atoms with Crippen LogP contribution in [0.2, 0.25) is 0 Å². The standard InChI is InChI=1S/C6H7F2N3O/c7-4-3-5(9-1-2-12)11-6(8)10-4/h3,12H,1-2H2,(H,9,10,11). The monoisotopic (exact) mass is 175 g/mol. The van der Waals surface area contributed by atoms with E-state index in [-0.39, 0.29) is 19.0 Å². The number of rotatable bonds is 3. The molecule has 0 fully saturated rings. The molecular formula is C6H7F2N3O. The number of aliphatic hydroxyl groups is 1. The van der Waals surface area contributed by atoms with Crippen LogP contribution in [0, 0.1) is 12.0 Å². The van der Waals surface area contributed by atoms with Crippen molar-refractivity contribution in [3.63, 3.8) is 0 Å². The van der Waals surface area contributed by atoms with Crippen molar-refractivity contribution >= 4 is 5.82 Å². The Bertz CT molecular complexity index is 249. The first-order chi connectivity index (χ1) is 5.72. The van der Waals surface area contributed by atoms with Crippen molar-refractivity contribution in [2.45, 2.75) is 0 Å². The zero-order valence-electron chi connectivity index (χ0n) is 6.09. The van der Waals surface area contributed by atoms with Crippen molar-refractivity contribution in [1.82, 2.24) is 9.97 Å². The number of nitrogens with one attached hydrogen (secondary N) is 1. The number of nitrogens with zero attached hydrogens (tertiary/aromatic N) is 2. The highest BCUT2D eigenvalue weighted by Crippen LogP contribution is 2.03. The summed E-state index contributed by atoms with van der Waals surface area (Å²) in [6.45, 7) is 0.0587. The molecule has 0 atom stereocenters. The molecule has 1 heterocycles. The number of anilines is 1. The van der Waals surface area contributed by atoms with Crippen LogP contribution >= 0.6 is 0 Å². The largest absolute Gasteiger partial charge is 0.395 e. The average molecular weight is 175 g/mol. The van der Waals surface area contributed by atoms with Gasteiger partial charge in [0, 0.05) is 12.6 Å². The van der Waals surface area contributed by atoms with Gasteiger partial charge in [-0.1, -0.05) is 0 Å². The molecule has 0 aliphatic heterocycles. The minimum Gasteiger partial charge on any atom is -0.395 e. The summed E-state index contributed by atoms with van der Waals surface area (Å²) in [6.07, 6.45) is -1.13. The van der Waals surface area contributed by atoms with Crippen molar-refractivity contribution < 1.29 is 13.9 Å². The van der Waals surface area contributed by atoms with Crippen LogP contribution in [0.3, 0.4) is 0 Å². The van der Waals surface area contributed by atoms with Crippen molar-refractivity contribution in [3.8, 4) is 0 Å². The van der Waals surface area contributed by atoms with Crippen LogP contribution in [0.5, 0.6) is 0 Å². The quantitative estimate of drug-likeness (QED) is 0.507. The van der Waals surface area contributed by atoms with Crippen LogP contribution < -0.4 is 5.32 Å². The molecule has 0 aliphatic carbocycles. The summed E-state index contributed by atoms with van der Waals surface area (Å²) < 4.78 is 24.7. The normalized spacial score (nSPS) is 9.92. The first-order valence-electron chi connectivity index (χ1n) is 3.27. The van der Waals surface area contributed by atoms with Gasteiger partial charge in [0.2, 0.25) is 5.95 Å². The second-order valence-corrected chi connectivity index (χ2v) is 2.00. The van der Waals surface area contributed by atoms with Gasteiger partial charge in [-0.2, -0.15) is 18.7 Å². The summed E-state index contributed by atoms with van der Waals surface area (Å²) in [5, 5.41) is 10.9. The lowest BCUT2D eigenvalue weighted by Gasteiger charge is -2.01. The van der Waals surface area contributed by atoms with Gasteiger partial charge in [-0.05, 0) is 0 Å². The van der Waals surface area contributed by atoms with Gasteiger partial charge in [-0.3, -0.25) is 0 Å². The molecule has 0 spiro atoms. The van der Waals surface area contributed by atoms with Gasteiger partial charge in [0.15, 0.2) is 0 Å². The lowest BCUT2D eigenvalue weighted by atomic mass is 10.5. The van der Waals surface area contributed by atoms with E-state index in [0.29, 0.717) is 0 Å². The minimum absolute atomic E-state index is 0.0223. The molecule has 1 aromatic rings. The summed E-state index contributed by atoms with van der Waals surface area (Å²) in [4.78, 5) is 6.03. The molecule has 0 saturated heterocycles. The number of halogens is 2. The topological polar surface area (TPSA) is 58.0 Å². The van der Waals surface area contributed by atoms with E-state index in [9.17, 15) is 8.78 Å². The molecule has 0 saturated carbocycles. The van der Waals surface area contributed by atoms with Gasteiger partial charge < -0.3 is 10.4 Å². The molecule has 4 nitrogen and oxygen atoms in total. The SMILES string of the molecule is OCCNc1cc(F)nc(F)n1. The zero-order valence-corrected chi connectivity index (χ0v) is 6.09. The maximum atomic E-state index is 12.4. The van der Waals surface area contributed by atoms with Crippen LogP contribution in [0.15, 0.2) is 6.07 Å². The second kappa shape index (κ2) is 3.91. The highest BCUT2D eigenvalue weighted by molar-refractivity contribution is 5.31. The molecule has 1 rings (SSSR count). The molecule has 0 unspecified atom stereocenters. The van der Waals surface area contributed by atoms with Crippen LogP contribution in [-0.2, 0) is 0 Å². The Morgan fingerprint density at radius 3 is 2.75 bits per heavy atom. The second-order valence-electron chi connectivity index (χ2n) is 2.00. The number of aliphatic hydroxyl groups excluding tert-OH is 1. The summed E-state index contributed by atoms with van der Waals surface area (Å²) in [6, 6.07) is 0.943. The van der Waals surface area contributed by atoms with Crippen LogP contribution in [0.4, 0.5) is 14.6 Å². The van der Waals surface area contributed by atoms with Crippen molar-refractivity contribution in [2.24, 2.45) is 0 Å². The van der Waals surface area contributed by atoms with E-state index in [2.05, 4.69) is 15.3 Å². The Morgan fingerprint density at radius 2 is 2.17 bits per heavy atom. The molecule has 0 amide bonds. The highest BCUT2D eigenvalue weighted by Gasteiger charge is 2.01. The highest BCUT2D eigenvalue weighted by atomic mass is 19.1. The van der Waals surface area contributed by atoms with Crippen LogP contribution in [0.25, 0.3) is 0 Å². The Kier molecular flexibility index (Phi) is 2.87. The molecule has 0 radical (unpaired) electrons. The first-order valence-corrected chi connectivity index (χ1v) is 3.27. The van der Waals surface area contributed by atoms with E-state index in [1.165, 1.54) is 0 Å². The lowest BCUT2D eigenvalue weighted by molar-refractivity contribution is 0.310. The van der Waals surface area contributed by atoms with Gasteiger partial charge >= 0.3 is 6.08 Å². The Morgan fingerprint density at radius 1 is 1.42 bits per heavy atom. The van der Waals surface area contributed by atoms with E-state index >= 15 is 0 Å². The fourth-order valence-electron chi connectivity index (χ4n) is 0.664. The molecule has 2 N–H and O–H groups in total. The van der Waals surface area contributed by atoms with E-state index in [1.54, 1.807) is 0 Å². The smallest absolute Gasteiger partial charge is 0.313 e. The van der Waals surface area contributed by atoms with E-state index in [4.69, 9.17) is 5.11 Å². The predicted molar refractivity (Wildman–Crippen MR) is 37.5 cm³/mol. The summed E-state index contributed by atoms with van der Waals surface area (Å²) in [5.74, 6) is -0.919. The van der Waals surface area contributed by atoms with E-state index in [0.717, 1.165) is 6.07 Å². The van der Waals surface area contributed by atoms with Crippen molar-refractivity contribution in [1.29, 1.82) is 0 Å². The van der Waals surface area contributed by atoms with Gasteiger partial charge in [0.1, 0.15) is 5.82 Å². The summed E-state index contributed by atoms with van der Waals surface area (Å²) in [5.41, 5.74) is 0. The first kappa shape index (κ1) is 8.79. The van der Waals surface area contributed by atoms with Crippen LogP contribution in [0.1, 0.15) is 0 Å².